The lowest BCUT2D eigenvalue weighted by Crippen LogP contribution is -2.60. The molecule has 39 heavy (non-hydrogen) atoms. The summed E-state index contributed by atoms with van der Waals surface area (Å²) in [5.74, 6) is -3.93. The first-order chi connectivity index (χ1) is 17.9. The van der Waals surface area contributed by atoms with Gasteiger partial charge in [0.15, 0.2) is 6.04 Å². The van der Waals surface area contributed by atoms with Crippen molar-refractivity contribution >= 4 is 41.9 Å². The highest BCUT2D eigenvalue weighted by molar-refractivity contribution is 5.95. The van der Waals surface area contributed by atoms with Crippen LogP contribution in [-0.4, -0.2) is 125 Å². The van der Waals surface area contributed by atoms with Crippen LogP contribution in [0.5, 0.6) is 0 Å². The molecule has 0 aromatic rings. The average molecular weight is 555 g/mol. The fourth-order valence-electron chi connectivity index (χ4n) is 3.94. The fourth-order valence-corrected chi connectivity index (χ4v) is 3.94. The Hall–Kier alpha value is -3.75. The number of cyclic esters (lactones) is 1. The molecule has 0 unspecified atom stereocenters. The monoisotopic (exact) mass is 554 g/mol. The largest absolute Gasteiger partial charge is 0.461 e. The van der Waals surface area contributed by atoms with Gasteiger partial charge in [-0.1, -0.05) is 0 Å². The first-order valence-electron chi connectivity index (χ1n) is 12.4. The highest BCUT2D eigenvalue weighted by atomic mass is 16.6. The predicted molar refractivity (Wildman–Crippen MR) is 136 cm³/mol. The minimum absolute atomic E-state index is 0.175. The lowest BCUT2D eigenvalue weighted by Gasteiger charge is -2.36. The Morgan fingerprint density at radius 2 is 1.77 bits per heavy atom. The number of hydrogen-bond donors (Lipinski definition) is 3. The molecule has 5 amide bonds. The van der Waals surface area contributed by atoms with Crippen LogP contribution in [0.15, 0.2) is 5.10 Å². The van der Waals surface area contributed by atoms with Crippen molar-refractivity contribution < 1.29 is 43.3 Å². The maximum absolute atomic E-state index is 13.5. The van der Waals surface area contributed by atoms with Crippen LogP contribution in [0.1, 0.15) is 47.5 Å². The number of fused-ring (bicyclic) bond motifs is 1. The van der Waals surface area contributed by atoms with Crippen molar-refractivity contribution in [2.45, 2.75) is 76.8 Å². The molecule has 0 saturated carbocycles. The number of esters is 1. The van der Waals surface area contributed by atoms with Gasteiger partial charge in [-0.2, -0.15) is 5.10 Å². The van der Waals surface area contributed by atoms with E-state index in [2.05, 4.69) is 15.7 Å². The molecule has 0 aliphatic carbocycles. The van der Waals surface area contributed by atoms with Gasteiger partial charge >= 0.3 is 12.1 Å². The lowest BCUT2D eigenvalue weighted by molar-refractivity contribution is -0.166. The zero-order chi connectivity index (χ0) is 29.7. The molecule has 218 valence electrons. The Bertz CT molecular complexity index is 1020. The summed E-state index contributed by atoms with van der Waals surface area (Å²) in [6.07, 6.45) is 0.963. The summed E-state index contributed by atoms with van der Waals surface area (Å²) in [5, 5.41) is 20.4. The molecule has 2 aliphatic heterocycles. The smallest absolute Gasteiger partial charge is 0.408 e. The van der Waals surface area contributed by atoms with E-state index in [0.29, 0.717) is 6.42 Å². The number of hydrogen-bond acceptors (Lipinski definition) is 10. The molecular formula is C24H38N6O9. The Kier molecular flexibility index (Phi) is 10.0. The summed E-state index contributed by atoms with van der Waals surface area (Å²) in [6.45, 7) is 5.79. The van der Waals surface area contributed by atoms with Crippen molar-refractivity contribution in [3.63, 3.8) is 0 Å². The number of ether oxygens (including phenoxy) is 2. The minimum atomic E-state index is -1.79. The Labute approximate surface area is 226 Å². The van der Waals surface area contributed by atoms with Gasteiger partial charge in [-0.05, 0) is 47.5 Å². The van der Waals surface area contributed by atoms with Crippen molar-refractivity contribution in [2.75, 3.05) is 33.8 Å². The van der Waals surface area contributed by atoms with E-state index in [9.17, 15) is 33.9 Å². The number of rotatable bonds is 2. The van der Waals surface area contributed by atoms with Gasteiger partial charge < -0.3 is 35.0 Å². The maximum atomic E-state index is 13.5. The molecule has 15 heteroatoms. The Balaban J connectivity index is 2.48. The SMILES string of the molecule is CN1CC(=O)N(C)[C@@H](C(C)(C)O)C(=O)OC[C@@H](NC(=O)OC(C)(C)C)C(=O)N2N=CCC[C@H]2C(=O)NCC1=O. The van der Waals surface area contributed by atoms with Crippen LogP contribution in [-0.2, 0) is 33.4 Å². The molecule has 0 aromatic heterocycles. The number of likely N-dealkylation sites (N-methyl/N-ethyl adjacent to an activating group) is 2. The second kappa shape index (κ2) is 12.4. The first kappa shape index (κ1) is 31.5. The third-order valence-corrected chi connectivity index (χ3v) is 5.87. The molecule has 0 spiro atoms. The van der Waals surface area contributed by atoms with E-state index >= 15 is 0 Å². The summed E-state index contributed by atoms with van der Waals surface area (Å²) < 4.78 is 10.6. The first-order valence-corrected chi connectivity index (χ1v) is 12.4. The fraction of sp³-hybridized carbons (Fsp3) is 0.708. The number of carbonyl (C=O) groups is 6. The van der Waals surface area contributed by atoms with E-state index < -0.39 is 84.7 Å². The van der Waals surface area contributed by atoms with E-state index in [1.54, 1.807) is 20.8 Å². The van der Waals surface area contributed by atoms with Crippen molar-refractivity contribution in [2.24, 2.45) is 5.10 Å². The number of nitrogens with zero attached hydrogens (tertiary/aromatic N) is 4. The maximum Gasteiger partial charge on any atom is 0.408 e. The zero-order valence-electron chi connectivity index (χ0n) is 23.3. The van der Waals surface area contributed by atoms with E-state index in [1.165, 1.54) is 34.2 Å². The van der Waals surface area contributed by atoms with E-state index in [4.69, 9.17) is 9.47 Å². The predicted octanol–water partition coefficient (Wildman–Crippen LogP) is -1.41. The molecule has 2 aliphatic rings. The van der Waals surface area contributed by atoms with Crippen molar-refractivity contribution in [3.05, 3.63) is 0 Å². The summed E-state index contributed by atoms with van der Waals surface area (Å²) in [4.78, 5) is 79.6. The molecule has 1 fully saturated rings. The summed E-state index contributed by atoms with van der Waals surface area (Å²) in [7, 11) is 2.60. The second-order valence-corrected chi connectivity index (χ2v) is 10.9. The van der Waals surface area contributed by atoms with Crippen LogP contribution < -0.4 is 10.6 Å². The van der Waals surface area contributed by atoms with E-state index in [0.717, 1.165) is 14.8 Å². The third-order valence-electron chi connectivity index (χ3n) is 5.87. The third kappa shape index (κ3) is 8.63. The van der Waals surface area contributed by atoms with Gasteiger partial charge in [0.25, 0.3) is 5.91 Å². The standard InChI is InChI=1S/C24H38N6O9/c1-23(2,3)39-22(36)27-14-13-38-21(35)18(24(4,5)37)29(7)17(32)12-28(6)16(31)11-25-19(33)15-9-8-10-26-30(15)20(14)34/h10,14-15,18,37H,8-9,11-13H2,1-7H3,(H,25,33)(H,27,36)/t14-,15+,18-/m1/s1. The summed E-state index contributed by atoms with van der Waals surface area (Å²) >= 11 is 0. The van der Waals surface area contributed by atoms with Gasteiger partial charge in [-0.25, -0.2) is 14.6 Å². The summed E-state index contributed by atoms with van der Waals surface area (Å²) in [6, 6.07) is -4.19. The van der Waals surface area contributed by atoms with Crippen molar-refractivity contribution in [1.29, 1.82) is 0 Å². The van der Waals surface area contributed by atoms with E-state index in [-0.39, 0.29) is 6.42 Å². The molecule has 2 rings (SSSR count). The van der Waals surface area contributed by atoms with Crippen LogP contribution in [0, 0.1) is 0 Å². The molecule has 0 aromatic carbocycles. The van der Waals surface area contributed by atoms with Crippen LogP contribution in [0.3, 0.4) is 0 Å². The molecular weight excluding hydrogens is 516 g/mol. The van der Waals surface area contributed by atoms with Gasteiger partial charge in [-0.15, -0.1) is 0 Å². The topological polar surface area (TPSA) is 187 Å². The quantitative estimate of drug-likeness (QED) is 0.345. The molecule has 15 nitrogen and oxygen atoms in total. The highest BCUT2D eigenvalue weighted by Crippen LogP contribution is 2.19. The van der Waals surface area contributed by atoms with Gasteiger partial charge in [0.05, 0.1) is 18.7 Å². The van der Waals surface area contributed by atoms with Crippen molar-refractivity contribution in [1.82, 2.24) is 25.4 Å². The van der Waals surface area contributed by atoms with Crippen LogP contribution in [0.25, 0.3) is 0 Å². The van der Waals surface area contributed by atoms with Gasteiger partial charge in [0.1, 0.15) is 24.3 Å². The van der Waals surface area contributed by atoms with Crippen LogP contribution in [0.4, 0.5) is 4.79 Å². The highest BCUT2D eigenvalue weighted by Gasteiger charge is 2.42. The van der Waals surface area contributed by atoms with Crippen LogP contribution in [0.2, 0.25) is 0 Å². The van der Waals surface area contributed by atoms with E-state index in [1.807, 2.05) is 0 Å². The zero-order valence-corrected chi connectivity index (χ0v) is 23.3. The molecule has 1 saturated heterocycles. The molecule has 0 radical (unpaired) electrons. The number of carbonyl (C=O) groups excluding carboxylic acids is 6. The number of amides is 5. The summed E-state index contributed by atoms with van der Waals surface area (Å²) in [5.41, 5.74) is -2.70. The Morgan fingerprint density at radius 3 is 2.36 bits per heavy atom. The minimum Gasteiger partial charge on any atom is -0.461 e. The van der Waals surface area contributed by atoms with Gasteiger partial charge in [0.2, 0.25) is 17.7 Å². The molecule has 0 bridgehead atoms. The molecule has 3 atom stereocenters. The van der Waals surface area contributed by atoms with Crippen LogP contribution >= 0.6 is 0 Å². The molecule has 3 N–H and O–H groups in total. The lowest BCUT2D eigenvalue weighted by atomic mass is 9.97. The number of aliphatic hydroxyl groups is 1. The van der Waals surface area contributed by atoms with Gasteiger partial charge in [0, 0.05) is 20.3 Å². The van der Waals surface area contributed by atoms with Gasteiger partial charge in [-0.3, -0.25) is 19.2 Å². The van der Waals surface area contributed by atoms with Crippen molar-refractivity contribution in [3.8, 4) is 0 Å². The number of alkyl carbamates (subject to hydrolysis) is 1. The average Bonchev–Trinajstić information content (AvgIpc) is 2.81. The normalized spacial score (nSPS) is 24.7. The molecule has 2 heterocycles. The second-order valence-electron chi connectivity index (χ2n) is 10.9. The number of hydrazone groups is 1. The Morgan fingerprint density at radius 1 is 1.13 bits per heavy atom. The number of nitrogens with one attached hydrogen (secondary N) is 2.